The average Bonchev–Trinajstić information content (AvgIpc) is 3.31. The van der Waals surface area contributed by atoms with Crippen LogP contribution >= 0.6 is 11.6 Å². The lowest BCUT2D eigenvalue weighted by Crippen LogP contribution is -2.56. The maximum Gasteiger partial charge on any atom is 0.234 e. The number of carbonyl (C=O) groups is 1. The smallest absolute Gasteiger partial charge is 0.234 e. The van der Waals surface area contributed by atoms with E-state index in [0.29, 0.717) is 16.5 Å². The summed E-state index contributed by atoms with van der Waals surface area (Å²) in [5.41, 5.74) is 2.08. The summed E-state index contributed by atoms with van der Waals surface area (Å²) in [7, 11) is 1.62. The van der Waals surface area contributed by atoms with E-state index in [0.717, 1.165) is 47.9 Å². The van der Waals surface area contributed by atoms with Crippen molar-refractivity contribution in [3.63, 3.8) is 0 Å². The van der Waals surface area contributed by atoms with E-state index in [1.165, 1.54) is 0 Å². The minimum absolute atomic E-state index is 0.00536. The van der Waals surface area contributed by atoms with Crippen molar-refractivity contribution in [1.82, 2.24) is 0 Å². The Bertz CT molecular complexity index is 1250. The number of fused-ring (bicyclic) bond motifs is 1. The number of hydrogen-bond donors (Lipinski definition) is 1. The van der Waals surface area contributed by atoms with E-state index >= 15 is 0 Å². The number of amides is 1. The molecule has 3 aromatic rings. The largest absolute Gasteiger partial charge is 0.491 e. The van der Waals surface area contributed by atoms with Gasteiger partial charge in [0.2, 0.25) is 5.91 Å². The maximum absolute atomic E-state index is 13.8. The highest BCUT2D eigenvalue weighted by molar-refractivity contribution is 6.30. The van der Waals surface area contributed by atoms with Gasteiger partial charge in [0, 0.05) is 28.9 Å². The third-order valence-corrected chi connectivity index (χ3v) is 7.60. The summed E-state index contributed by atoms with van der Waals surface area (Å²) in [5.74, 6) is 0.636. The monoisotopic (exact) mass is 505 g/mol. The molecule has 1 heterocycles. The summed E-state index contributed by atoms with van der Waals surface area (Å²) in [6, 6.07) is 20.9. The lowest BCUT2D eigenvalue weighted by atomic mass is 9.83. The fourth-order valence-corrected chi connectivity index (χ4v) is 5.81. The Morgan fingerprint density at radius 1 is 0.944 bits per heavy atom. The van der Waals surface area contributed by atoms with E-state index in [1.54, 1.807) is 12.0 Å². The van der Waals surface area contributed by atoms with Crippen molar-refractivity contribution in [2.24, 2.45) is 0 Å². The molecule has 0 saturated heterocycles. The normalized spacial score (nSPS) is 21.1. The number of aliphatic hydroxyl groups is 1. The Kier molecular flexibility index (Phi) is 6.58. The molecule has 2 aliphatic rings. The molecule has 0 spiro atoms. The Morgan fingerprint density at radius 2 is 1.58 bits per heavy atom. The number of anilines is 1. The number of methoxy groups -OCH3 is 1. The second-order valence-electron chi connectivity index (χ2n) is 10.0. The predicted octanol–water partition coefficient (Wildman–Crippen LogP) is 6.33. The van der Waals surface area contributed by atoms with E-state index in [9.17, 15) is 9.90 Å². The lowest BCUT2D eigenvalue weighted by molar-refractivity contribution is -0.124. The molecule has 1 N–H and O–H groups in total. The SMILES string of the molecule is CO[C@@]1(c2ccc(Cl)cc2)c2cc(OC(C)C)ccc2CC(=O)N1c1ccc(C2(O)CCCC2)cc1. The molecule has 1 aliphatic carbocycles. The number of nitrogens with zero attached hydrogens (tertiary/aromatic N) is 1. The van der Waals surface area contributed by atoms with Gasteiger partial charge in [-0.3, -0.25) is 9.69 Å². The third kappa shape index (κ3) is 4.19. The van der Waals surface area contributed by atoms with Crippen LogP contribution in [0.4, 0.5) is 5.69 Å². The molecule has 1 atom stereocenters. The molecule has 1 aliphatic heterocycles. The van der Waals surface area contributed by atoms with E-state index in [1.807, 2.05) is 80.6 Å². The van der Waals surface area contributed by atoms with Gasteiger partial charge in [-0.1, -0.05) is 54.8 Å². The fraction of sp³-hybridized carbons (Fsp3) is 0.367. The zero-order chi connectivity index (χ0) is 25.5. The van der Waals surface area contributed by atoms with Crippen molar-refractivity contribution in [3.05, 3.63) is 94.0 Å². The van der Waals surface area contributed by atoms with Crippen LogP contribution in [0.15, 0.2) is 66.7 Å². The zero-order valence-corrected chi connectivity index (χ0v) is 21.7. The van der Waals surface area contributed by atoms with Crippen molar-refractivity contribution in [2.45, 2.75) is 63.4 Å². The standard InChI is InChI=1S/C30H32ClNO4/c1-20(2)36-26-15-6-21-18-28(33)32(25-13-9-22(10-14-25)29(34)16-4-5-17-29)30(35-3,27(21)19-26)23-7-11-24(31)12-8-23/h6-15,19-20,34H,4-5,16-18H2,1-3H3/t30-/m0/s1. The molecule has 188 valence electrons. The van der Waals surface area contributed by atoms with Gasteiger partial charge in [-0.05, 0) is 74.2 Å². The fourth-order valence-electron chi connectivity index (χ4n) is 5.68. The van der Waals surface area contributed by atoms with Crippen LogP contribution in [-0.2, 0) is 27.3 Å². The molecule has 6 heteroatoms. The van der Waals surface area contributed by atoms with Gasteiger partial charge in [0.15, 0.2) is 5.72 Å². The number of rotatable bonds is 6. The average molecular weight is 506 g/mol. The maximum atomic E-state index is 13.8. The summed E-state index contributed by atoms with van der Waals surface area (Å²) >= 11 is 6.23. The lowest BCUT2D eigenvalue weighted by Gasteiger charge is -2.47. The van der Waals surface area contributed by atoms with Crippen molar-refractivity contribution in [1.29, 1.82) is 0 Å². The number of halogens is 1. The number of ether oxygens (including phenoxy) is 2. The van der Waals surface area contributed by atoms with Crippen molar-refractivity contribution in [3.8, 4) is 5.75 Å². The van der Waals surface area contributed by atoms with Crippen LogP contribution in [0.25, 0.3) is 0 Å². The molecule has 1 saturated carbocycles. The van der Waals surface area contributed by atoms with Crippen LogP contribution in [0.1, 0.15) is 61.8 Å². The first-order chi connectivity index (χ1) is 17.3. The summed E-state index contributed by atoms with van der Waals surface area (Å²) in [4.78, 5) is 15.5. The van der Waals surface area contributed by atoms with Gasteiger partial charge in [-0.25, -0.2) is 0 Å². The van der Waals surface area contributed by atoms with Crippen molar-refractivity contribution in [2.75, 3.05) is 12.0 Å². The molecular weight excluding hydrogens is 474 g/mol. The molecular formula is C30H32ClNO4. The van der Waals surface area contributed by atoms with E-state index in [2.05, 4.69) is 0 Å². The van der Waals surface area contributed by atoms with Gasteiger partial charge < -0.3 is 14.6 Å². The second-order valence-corrected chi connectivity index (χ2v) is 10.5. The molecule has 5 rings (SSSR count). The van der Waals surface area contributed by atoms with E-state index in [-0.39, 0.29) is 18.4 Å². The van der Waals surface area contributed by atoms with Crippen molar-refractivity contribution >= 4 is 23.2 Å². The first-order valence-corrected chi connectivity index (χ1v) is 12.9. The minimum Gasteiger partial charge on any atom is -0.491 e. The summed E-state index contributed by atoms with van der Waals surface area (Å²) in [5, 5.41) is 11.7. The molecule has 36 heavy (non-hydrogen) atoms. The molecule has 1 fully saturated rings. The summed E-state index contributed by atoms with van der Waals surface area (Å²) in [6.07, 6.45) is 3.79. The number of hydrogen-bond acceptors (Lipinski definition) is 4. The summed E-state index contributed by atoms with van der Waals surface area (Å²) in [6.45, 7) is 3.97. The molecule has 5 nitrogen and oxygen atoms in total. The van der Waals surface area contributed by atoms with Crippen LogP contribution < -0.4 is 9.64 Å². The van der Waals surface area contributed by atoms with Gasteiger partial charge in [0.05, 0.1) is 18.1 Å². The molecule has 0 aromatic heterocycles. The topological polar surface area (TPSA) is 59.0 Å². The van der Waals surface area contributed by atoms with Gasteiger partial charge in [-0.15, -0.1) is 0 Å². The zero-order valence-electron chi connectivity index (χ0n) is 21.0. The first kappa shape index (κ1) is 24.8. The Hall–Kier alpha value is -2.86. The second kappa shape index (κ2) is 9.55. The van der Waals surface area contributed by atoms with Crippen LogP contribution in [0.3, 0.4) is 0 Å². The highest BCUT2D eigenvalue weighted by Gasteiger charge is 2.49. The summed E-state index contributed by atoms with van der Waals surface area (Å²) < 4.78 is 12.4. The van der Waals surface area contributed by atoms with Gasteiger partial charge in [0.1, 0.15) is 5.75 Å². The highest BCUT2D eigenvalue weighted by Crippen LogP contribution is 2.47. The van der Waals surface area contributed by atoms with Gasteiger partial charge >= 0.3 is 0 Å². The minimum atomic E-state index is -1.22. The Morgan fingerprint density at radius 3 is 2.19 bits per heavy atom. The van der Waals surface area contributed by atoms with Crippen LogP contribution in [0.5, 0.6) is 5.75 Å². The quantitative estimate of drug-likeness (QED) is 0.425. The molecule has 1 amide bonds. The Balaban J connectivity index is 1.68. The molecule has 0 bridgehead atoms. The van der Waals surface area contributed by atoms with Gasteiger partial charge in [0.25, 0.3) is 0 Å². The van der Waals surface area contributed by atoms with Crippen LogP contribution in [0, 0.1) is 0 Å². The van der Waals surface area contributed by atoms with Gasteiger partial charge in [-0.2, -0.15) is 0 Å². The molecule has 0 unspecified atom stereocenters. The number of carbonyl (C=O) groups excluding carboxylic acids is 1. The van der Waals surface area contributed by atoms with Crippen molar-refractivity contribution < 1.29 is 19.4 Å². The molecule has 3 aromatic carbocycles. The highest BCUT2D eigenvalue weighted by atomic mass is 35.5. The van der Waals surface area contributed by atoms with E-state index < -0.39 is 11.3 Å². The Labute approximate surface area is 217 Å². The molecule has 0 radical (unpaired) electrons. The first-order valence-electron chi connectivity index (χ1n) is 12.5. The van der Waals surface area contributed by atoms with Crippen LogP contribution in [-0.4, -0.2) is 24.2 Å². The van der Waals surface area contributed by atoms with Crippen LogP contribution in [0.2, 0.25) is 5.02 Å². The third-order valence-electron chi connectivity index (χ3n) is 7.35. The predicted molar refractivity (Wildman–Crippen MR) is 141 cm³/mol. The number of benzene rings is 3. The van der Waals surface area contributed by atoms with E-state index in [4.69, 9.17) is 21.1 Å².